The molecule has 23 heavy (non-hydrogen) atoms. The summed E-state index contributed by atoms with van der Waals surface area (Å²) in [6, 6.07) is -0.0113. The number of benzene rings is 1. The van der Waals surface area contributed by atoms with E-state index >= 15 is 0 Å². The van der Waals surface area contributed by atoms with E-state index in [0.29, 0.717) is 0 Å². The van der Waals surface area contributed by atoms with E-state index in [0.717, 1.165) is 0 Å². The molecule has 0 aliphatic carbocycles. The Balaban J connectivity index is 0.00000264. The normalized spacial score (nSPS) is 23.7. The number of hydrogen-bond donors (Lipinski definition) is 3. The SMILES string of the molecule is O=[N+]([O-])c1cc(C(F)(F)F)cc2c1NC(O)(C(F)(F)F)[NH+]2[O-].[H-].[Na+]. The summed E-state index contributed by atoms with van der Waals surface area (Å²) in [6.07, 6.45) is -10.7. The van der Waals surface area contributed by atoms with E-state index < -0.39 is 50.8 Å². The van der Waals surface area contributed by atoms with E-state index in [-0.39, 0.29) is 43.1 Å². The average Bonchev–Trinajstić information content (AvgIpc) is 2.60. The van der Waals surface area contributed by atoms with Gasteiger partial charge in [0.05, 0.1) is 10.5 Å². The summed E-state index contributed by atoms with van der Waals surface area (Å²) in [7, 11) is 0. The van der Waals surface area contributed by atoms with E-state index in [1.54, 1.807) is 0 Å². The number of hydrogen-bond acceptors (Lipinski definition) is 5. The van der Waals surface area contributed by atoms with Crippen LogP contribution in [0.3, 0.4) is 0 Å². The summed E-state index contributed by atoms with van der Waals surface area (Å²) in [5.41, 5.74) is -5.47. The van der Waals surface area contributed by atoms with Crippen LogP contribution in [-0.4, -0.2) is 22.1 Å². The number of nitrogens with one attached hydrogen (secondary N) is 2. The van der Waals surface area contributed by atoms with Crippen LogP contribution in [0, 0.1) is 15.3 Å². The first kappa shape index (κ1) is 19.9. The molecule has 0 fully saturated rings. The smallest absolute Gasteiger partial charge is 1.00 e. The van der Waals surface area contributed by atoms with Gasteiger partial charge in [0.15, 0.2) is 11.4 Å². The fourth-order valence-corrected chi connectivity index (χ4v) is 1.88. The minimum absolute atomic E-state index is 0. The second-order valence-corrected chi connectivity index (χ2v) is 4.34. The number of nitro groups is 1. The Morgan fingerprint density at radius 1 is 1.26 bits per heavy atom. The molecule has 2 unspecified atom stereocenters. The third-order valence-corrected chi connectivity index (χ3v) is 2.93. The van der Waals surface area contributed by atoms with Gasteiger partial charge in [0, 0.05) is 12.1 Å². The van der Waals surface area contributed by atoms with E-state index in [2.05, 4.69) is 0 Å². The Bertz CT molecular complexity index is 657. The number of hydroxylamine groups is 1. The maximum atomic E-state index is 12.7. The maximum absolute atomic E-state index is 12.7. The number of anilines is 1. The van der Waals surface area contributed by atoms with Gasteiger partial charge in [0.1, 0.15) is 0 Å². The Kier molecular flexibility index (Phi) is 4.98. The van der Waals surface area contributed by atoms with Gasteiger partial charge in [-0.1, -0.05) is 0 Å². The minimum atomic E-state index is -5.59. The topological polar surface area (TPSA) is 103 Å². The third-order valence-electron chi connectivity index (χ3n) is 2.93. The van der Waals surface area contributed by atoms with Gasteiger partial charge < -0.3 is 11.7 Å². The molecule has 7 nitrogen and oxygen atoms in total. The van der Waals surface area contributed by atoms with Gasteiger partial charge in [-0.3, -0.25) is 20.5 Å². The van der Waals surface area contributed by atoms with Gasteiger partial charge in [0.25, 0.3) is 5.69 Å². The van der Waals surface area contributed by atoms with Crippen molar-refractivity contribution in [2.75, 3.05) is 5.32 Å². The molecular formula is C9H6F6N3NaO4. The zero-order valence-corrected chi connectivity index (χ0v) is 13.0. The van der Waals surface area contributed by atoms with Crippen LogP contribution in [0.4, 0.5) is 43.4 Å². The summed E-state index contributed by atoms with van der Waals surface area (Å²) in [5, 5.41) is 30.7. The van der Waals surface area contributed by atoms with Crippen molar-refractivity contribution in [2.45, 2.75) is 18.2 Å². The fourth-order valence-electron chi connectivity index (χ4n) is 1.88. The van der Waals surface area contributed by atoms with Crippen molar-refractivity contribution in [2.24, 2.45) is 0 Å². The van der Waals surface area contributed by atoms with E-state index in [9.17, 15) is 46.8 Å². The number of rotatable bonds is 1. The molecule has 0 amide bonds. The van der Waals surface area contributed by atoms with Crippen molar-refractivity contribution in [1.82, 2.24) is 0 Å². The van der Waals surface area contributed by atoms with Gasteiger partial charge in [-0.05, 0) is 0 Å². The standard InChI is InChI=1S/C9H5F6N3O4.Na.H/c10-7(11,12)3-1-4-6(5(2-3)18(21)22)16-9(19,17(4)20)8(13,14)15;;/h1-2,16-17,19H;;/q;+1;-1. The molecule has 1 aromatic carbocycles. The summed E-state index contributed by atoms with van der Waals surface area (Å²) >= 11 is 0. The van der Waals surface area contributed by atoms with Crippen LogP contribution in [0.5, 0.6) is 0 Å². The molecule has 14 heteroatoms. The van der Waals surface area contributed by atoms with E-state index in [4.69, 9.17) is 0 Å². The summed E-state index contributed by atoms with van der Waals surface area (Å²) < 4.78 is 75.9. The zero-order valence-electron chi connectivity index (χ0n) is 12.0. The molecule has 1 heterocycles. The van der Waals surface area contributed by atoms with Crippen LogP contribution in [-0.2, 0) is 6.18 Å². The minimum Gasteiger partial charge on any atom is -1.00 e. The van der Waals surface area contributed by atoms with Crippen LogP contribution >= 0.6 is 0 Å². The number of aliphatic hydroxyl groups is 1. The van der Waals surface area contributed by atoms with Gasteiger partial charge in [0.2, 0.25) is 0 Å². The number of alkyl halides is 6. The average molecular weight is 357 g/mol. The second-order valence-electron chi connectivity index (χ2n) is 4.34. The molecule has 0 spiro atoms. The van der Waals surface area contributed by atoms with E-state index in [1.807, 2.05) is 0 Å². The number of quaternary nitrogens is 1. The summed E-state index contributed by atoms with van der Waals surface area (Å²) in [4.78, 5) is 9.34. The van der Waals surface area contributed by atoms with Crippen molar-refractivity contribution < 1.29 is 72.4 Å². The van der Waals surface area contributed by atoms with Crippen molar-refractivity contribution in [1.29, 1.82) is 0 Å². The van der Waals surface area contributed by atoms with E-state index in [1.165, 1.54) is 5.32 Å². The fraction of sp³-hybridized carbons (Fsp3) is 0.333. The first-order chi connectivity index (χ1) is 9.79. The summed E-state index contributed by atoms with van der Waals surface area (Å²) in [5.74, 6) is -4.22. The Hall–Kier alpha value is -1.12. The van der Waals surface area contributed by atoms with Gasteiger partial charge in [-0.25, -0.2) is 0 Å². The zero-order chi connectivity index (χ0) is 17.1. The summed E-state index contributed by atoms with van der Waals surface area (Å²) in [6.45, 7) is 0. The molecule has 0 saturated heterocycles. The van der Waals surface area contributed by atoms with Crippen LogP contribution in [0.15, 0.2) is 12.1 Å². The molecule has 1 aromatic rings. The second kappa shape index (κ2) is 5.75. The first-order valence-corrected chi connectivity index (χ1v) is 5.31. The predicted molar refractivity (Wildman–Crippen MR) is 57.8 cm³/mol. The van der Waals surface area contributed by atoms with Gasteiger partial charge in [-0.15, -0.1) is 0 Å². The maximum Gasteiger partial charge on any atom is 1.00 e. The molecule has 3 N–H and O–H groups in total. The Morgan fingerprint density at radius 3 is 2.17 bits per heavy atom. The van der Waals surface area contributed by atoms with Crippen molar-refractivity contribution in [3.63, 3.8) is 0 Å². The number of nitrogens with zero attached hydrogens (tertiary/aromatic N) is 1. The molecule has 124 valence electrons. The molecule has 1 aliphatic rings. The Labute approximate surface area is 146 Å². The molecule has 0 bridgehead atoms. The van der Waals surface area contributed by atoms with Crippen LogP contribution in [0.2, 0.25) is 0 Å². The number of nitro benzene ring substituents is 1. The first-order valence-electron chi connectivity index (χ1n) is 5.31. The molecule has 0 aromatic heterocycles. The van der Waals surface area contributed by atoms with Crippen molar-refractivity contribution in [3.05, 3.63) is 33.0 Å². The van der Waals surface area contributed by atoms with Gasteiger partial charge in [-0.2, -0.15) is 26.3 Å². The number of fused-ring (bicyclic) bond motifs is 1. The van der Waals surface area contributed by atoms with Crippen molar-refractivity contribution in [3.8, 4) is 0 Å². The molecular weight excluding hydrogens is 351 g/mol. The van der Waals surface area contributed by atoms with Crippen LogP contribution in [0.1, 0.15) is 6.99 Å². The molecule has 2 rings (SSSR count). The van der Waals surface area contributed by atoms with Crippen LogP contribution < -0.4 is 39.9 Å². The quantitative estimate of drug-likeness (QED) is 0.184. The number of halogens is 6. The van der Waals surface area contributed by atoms with Crippen molar-refractivity contribution >= 4 is 17.1 Å². The monoisotopic (exact) mass is 357 g/mol. The molecule has 2 atom stereocenters. The third kappa shape index (κ3) is 3.12. The predicted octanol–water partition coefficient (Wildman–Crippen LogP) is -1.62. The molecule has 0 saturated carbocycles. The van der Waals surface area contributed by atoms with Gasteiger partial charge >= 0.3 is 47.8 Å². The molecule has 1 aliphatic heterocycles. The Morgan fingerprint density at radius 2 is 1.78 bits per heavy atom. The van der Waals surface area contributed by atoms with Crippen LogP contribution in [0.25, 0.3) is 0 Å². The molecule has 0 radical (unpaired) electrons. The largest absolute Gasteiger partial charge is 1.00 e.